The summed E-state index contributed by atoms with van der Waals surface area (Å²) in [6.07, 6.45) is -0.173. The van der Waals surface area contributed by atoms with Crippen LogP contribution in [-0.4, -0.2) is 40.8 Å². The Bertz CT molecular complexity index is 1050. The van der Waals surface area contributed by atoms with E-state index in [4.69, 9.17) is 14.6 Å². The third kappa shape index (κ3) is 7.02. The van der Waals surface area contributed by atoms with Crippen molar-refractivity contribution < 1.29 is 33.7 Å². The lowest BCUT2D eigenvalue weighted by atomic mass is 9.79. The van der Waals surface area contributed by atoms with Crippen LogP contribution in [0.5, 0.6) is 5.75 Å². The molecule has 1 heterocycles. The van der Waals surface area contributed by atoms with Crippen LogP contribution < -0.4 is 10.1 Å². The fraction of sp³-hybridized carbons (Fsp3) is 0.481. The van der Waals surface area contributed by atoms with E-state index < -0.39 is 30.3 Å². The minimum atomic E-state index is -1.09. The van der Waals surface area contributed by atoms with Crippen LogP contribution in [0, 0.1) is 5.82 Å². The van der Waals surface area contributed by atoms with E-state index in [1.54, 1.807) is 18.2 Å². The highest BCUT2D eigenvalue weighted by Gasteiger charge is 2.41. The highest BCUT2D eigenvalue weighted by Crippen LogP contribution is 2.46. The molecule has 1 amide bonds. The van der Waals surface area contributed by atoms with Crippen molar-refractivity contribution in [3.8, 4) is 5.75 Å². The van der Waals surface area contributed by atoms with Gasteiger partial charge in [-0.05, 0) is 47.7 Å². The first-order valence-electron chi connectivity index (χ1n) is 11.7. The molecule has 0 aromatic heterocycles. The monoisotopic (exact) mass is 487 g/mol. The molecule has 35 heavy (non-hydrogen) atoms. The molecule has 2 aromatic rings. The standard InChI is InChI=1S/C27H34FNO6/c1-26(2,3)18-7-10-21(34-16-25(32)33)20(13-18)23-15-27(4,29-24(31)11-12-30)14-22(35-23)17-5-8-19(28)9-6-17/h5-10,13,22-23,30H,11-12,14-16H2,1-4H3,(H,29,31)(H,32,33)/t22-,23+,27-/m0/s1. The Balaban J connectivity index is 2.04. The molecule has 0 spiro atoms. The third-order valence-corrected chi connectivity index (χ3v) is 6.20. The average molecular weight is 488 g/mol. The molecule has 0 aliphatic carbocycles. The van der Waals surface area contributed by atoms with E-state index in [1.807, 2.05) is 19.1 Å². The summed E-state index contributed by atoms with van der Waals surface area (Å²) in [7, 11) is 0. The Morgan fingerprint density at radius 1 is 1.14 bits per heavy atom. The van der Waals surface area contributed by atoms with Crippen LogP contribution in [0.25, 0.3) is 0 Å². The third-order valence-electron chi connectivity index (χ3n) is 6.20. The zero-order valence-corrected chi connectivity index (χ0v) is 20.6. The lowest BCUT2D eigenvalue weighted by molar-refractivity contribution is -0.139. The molecule has 1 aliphatic heterocycles. The second-order valence-electron chi connectivity index (χ2n) is 10.3. The van der Waals surface area contributed by atoms with Gasteiger partial charge in [0.2, 0.25) is 5.91 Å². The van der Waals surface area contributed by atoms with Gasteiger partial charge < -0.3 is 25.0 Å². The molecule has 0 radical (unpaired) electrons. The molecule has 2 aromatic carbocycles. The maximum atomic E-state index is 13.6. The van der Waals surface area contributed by atoms with Gasteiger partial charge in [-0.3, -0.25) is 4.79 Å². The van der Waals surface area contributed by atoms with Crippen molar-refractivity contribution in [3.63, 3.8) is 0 Å². The van der Waals surface area contributed by atoms with Crippen molar-refractivity contribution in [1.29, 1.82) is 0 Å². The van der Waals surface area contributed by atoms with Crippen LogP contribution in [0.4, 0.5) is 4.39 Å². The molecular formula is C27H34FNO6. The first kappa shape index (κ1) is 26.6. The Morgan fingerprint density at radius 3 is 2.40 bits per heavy atom. The average Bonchev–Trinajstić information content (AvgIpc) is 2.76. The number of ether oxygens (including phenoxy) is 2. The molecule has 3 rings (SSSR count). The van der Waals surface area contributed by atoms with E-state index in [0.717, 1.165) is 11.1 Å². The molecule has 190 valence electrons. The van der Waals surface area contributed by atoms with Gasteiger partial charge in [-0.1, -0.05) is 39.0 Å². The summed E-state index contributed by atoms with van der Waals surface area (Å²) in [5, 5.41) is 21.4. The molecule has 3 atom stereocenters. The van der Waals surface area contributed by atoms with Gasteiger partial charge in [0.15, 0.2) is 6.61 Å². The summed E-state index contributed by atoms with van der Waals surface area (Å²) in [6.45, 7) is 7.38. The van der Waals surface area contributed by atoms with Gasteiger partial charge in [0, 0.05) is 30.4 Å². The number of hydrogen-bond donors (Lipinski definition) is 3. The molecule has 7 nitrogen and oxygen atoms in total. The van der Waals surface area contributed by atoms with Crippen molar-refractivity contribution in [2.45, 2.75) is 70.1 Å². The lowest BCUT2D eigenvalue weighted by Gasteiger charge is -2.44. The molecular weight excluding hydrogens is 453 g/mol. The topological polar surface area (TPSA) is 105 Å². The van der Waals surface area contributed by atoms with Gasteiger partial charge in [-0.2, -0.15) is 0 Å². The number of aliphatic hydroxyl groups excluding tert-OH is 1. The Hall–Kier alpha value is -2.97. The van der Waals surface area contributed by atoms with E-state index in [1.165, 1.54) is 12.1 Å². The number of carbonyl (C=O) groups is 2. The zero-order chi connectivity index (χ0) is 25.8. The van der Waals surface area contributed by atoms with Gasteiger partial charge in [0.1, 0.15) is 11.6 Å². The summed E-state index contributed by atoms with van der Waals surface area (Å²) < 4.78 is 25.7. The number of rotatable bonds is 8. The van der Waals surface area contributed by atoms with Crippen LogP contribution in [0.2, 0.25) is 0 Å². The normalized spacial score (nSPS) is 22.5. The SMILES string of the molecule is CC(C)(C)c1ccc(OCC(=O)O)c([C@H]2C[C@@](C)(NC(=O)CCO)C[C@@H](c3ccc(F)cc3)O2)c1. The number of nitrogens with one attached hydrogen (secondary N) is 1. The number of carbonyl (C=O) groups excluding carboxylic acids is 1. The fourth-order valence-electron chi connectivity index (χ4n) is 4.39. The summed E-state index contributed by atoms with van der Waals surface area (Å²) in [6, 6.07) is 11.7. The second-order valence-corrected chi connectivity index (χ2v) is 10.3. The number of hydrogen-bond acceptors (Lipinski definition) is 5. The van der Waals surface area contributed by atoms with Crippen LogP contribution in [-0.2, 0) is 19.7 Å². The van der Waals surface area contributed by atoms with Crippen molar-refractivity contribution in [2.24, 2.45) is 0 Å². The van der Waals surface area contributed by atoms with E-state index in [-0.39, 0.29) is 30.2 Å². The van der Waals surface area contributed by atoms with E-state index in [2.05, 4.69) is 26.1 Å². The Labute approximate surface area is 205 Å². The van der Waals surface area contributed by atoms with Gasteiger partial charge in [0.05, 0.1) is 18.8 Å². The van der Waals surface area contributed by atoms with Crippen LogP contribution >= 0.6 is 0 Å². The minimum Gasteiger partial charge on any atom is -0.482 e. The smallest absolute Gasteiger partial charge is 0.341 e. The first-order valence-corrected chi connectivity index (χ1v) is 11.7. The van der Waals surface area contributed by atoms with E-state index in [0.29, 0.717) is 24.2 Å². The van der Waals surface area contributed by atoms with E-state index >= 15 is 0 Å². The molecule has 1 fully saturated rings. The van der Waals surface area contributed by atoms with Gasteiger partial charge >= 0.3 is 5.97 Å². The zero-order valence-electron chi connectivity index (χ0n) is 20.6. The number of aliphatic hydroxyl groups is 1. The van der Waals surface area contributed by atoms with Crippen molar-refractivity contribution in [2.75, 3.05) is 13.2 Å². The molecule has 0 saturated carbocycles. The number of carboxylic acids is 1. The van der Waals surface area contributed by atoms with Crippen LogP contribution in [0.3, 0.4) is 0 Å². The summed E-state index contributed by atoms with van der Waals surface area (Å²) in [4.78, 5) is 23.6. The molecule has 0 bridgehead atoms. The molecule has 1 aliphatic rings. The molecule has 0 unspecified atom stereocenters. The maximum Gasteiger partial charge on any atom is 0.341 e. The van der Waals surface area contributed by atoms with Crippen molar-refractivity contribution >= 4 is 11.9 Å². The molecule has 1 saturated heterocycles. The predicted molar refractivity (Wildman–Crippen MR) is 129 cm³/mol. The Kier molecular flexibility index (Phi) is 8.18. The van der Waals surface area contributed by atoms with Gasteiger partial charge in [-0.25, -0.2) is 9.18 Å². The van der Waals surface area contributed by atoms with E-state index in [9.17, 15) is 19.1 Å². The highest BCUT2D eigenvalue weighted by molar-refractivity contribution is 5.76. The van der Waals surface area contributed by atoms with Crippen LogP contribution in [0.15, 0.2) is 42.5 Å². The number of benzene rings is 2. The maximum absolute atomic E-state index is 13.6. The first-order chi connectivity index (χ1) is 16.4. The van der Waals surface area contributed by atoms with Gasteiger partial charge in [0.25, 0.3) is 0 Å². The second kappa shape index (κ2) is 10.7. The quantitative estimate of drug-likeness (QED) is 0.509. The van der Waals surface area contributed by atoms with Crippen molar-refractivity contribution in [3.05, 3.63) is 65.0 Å². The van der Waals surface area contributed by atoms with Gasteiger partial charge in [-0.15, -0.1) is 0 Å². The summed E-state index contributed by atoms with van der Waals surface area (Å²) >= 11 is 0. The largest absolute Gasteiger partial charge is 0.482 e. The Morgan fingerprint density at radius 2 is 1.80 bits per heavy atom. The summed E-state index contributed by atoms with van der Waals surface area (Å²) in [5.41, 5.74) is 1.60. The lowest BCUT2D eigenvalue weighted by Crippen LogP contribution is -2.51. The number of halogens is 1. The fourth-order valence-corrected chi connectivity index (χ4v) is 4.39. The minimum absolute atomic E-state index is 0.0190. The molecule has 8 heteroatoms. The molecule has 3 N–H and O–H groups in total. The number of carboxylic acid groups (broad SMARTS) is 1. The number of amides is 1. The predicted octanol–water partition coefficient (Wildman–Crippen LogP) is 4.44. The highest BCUT2D eigenvalue weighted by atomic mass is 19.1. The number of aliphatic carboxylic acids is 1. The summed E-state index contributed by atoms with van der Waals surface area (Å²) in [5.74, 6) is -1.33. The van der Waals surface area contributed by atoms with Crippen LogP contribution in [0.1, 0.15) is 75.9 Å². The van der Waals surface area contributed by atoms with Crippen molar-refractivity contribution in [1.82, 2.24) is 5.32 Å².